The quantitative estimate of drug-likeness (QED) is 0.888. The fourth-order valence-electron chi connectivity index (χ4n) is 2.43. The third kappa shape index (κ3) is 3.85. The van der Waals surface area contributed by atoms with E-state index in [2.05, 4.69) is 18.6 Å². The minimum absolute atomic E-state index is 0.220. The molecule has 0 radical (unpaired) electrons. The first-order valence-corrected chi connectivity index (χ1v) is 9.07. The van der Waals surface area contributed by atoms with E-state index in [-0.39, 0.29) is 11.7 Å². The number of hydrogen-bond acceptors (Lipinski definition) is 2. The van der Waals surface area contributed by atoms with E-state index >= 15 is 0 Å². The zero-order chi connectivity index (χ0) is 16.3. The average molecular weight is 321 g/mol. The normalized spacial score (nSPS) is 12.9. The molecule has 0 aliphatic heterocycles. The number of rotatable bonds is 5. The predicted molar refractivity (Wildman–Crippen MR) is 89.0 cm³/mol. The molecule has 118 valence electrons. The summed E-state index contributed by atoms with van der Waals surface area (Å²) in [4.78, 5) is 0. The monoisotopic (exact) mass is 321 g/mol. The fraction of sp³-hybridized carbons (Fsp3) is 0.294. The standard InChI is InChI=1S/C17H20FNO2S/c1-4-12(2)15-9-6-10-16(18)17(15)13-7-5-8-14(11-13)19-22(3,20)21/h5-12,19H,4H2,1-3H3. The van der Waals surface area contributed by atoms with Crippen LogP contribution < -0.4 is 4.72 Å². The first-order valence-electron chi connectivity index (χ1n) is 7.18. The Morgan fingerprint density at radius 2 is 1.86 bits per heavy atom. The SMILES string of the molecule is CCC(C)c1cccc(F)c1-c1cccc(NS(C)(=O)=O)c1. The maximum Gasteiger partial charge on any atom is 0.229 e. The summed E-state index contributed by atoms with van der Waals surface area (Å²) < 4.78 is 39.5. The molecule has 0 spiro atoms. The molecule has 0 aromatic heterocycles. The Bertz CT molecular complexity index is 772. The Morgan fingerprint density at radius 1 is 1.18 bits per heavy atom. The summed E-state index contributed by atoms with van der Waals surface area (Å²) in [5.41, 5.74) is 2.56. The van der Waals surface area contributed by atoms with Crippen LogP contribution in [0.25, 0.3) is 11.1 Å². The van der Waals surface area contributed by atoms with E-state index in [0.717, 1.165) is 18.2 Å². The first kappa shape index (κ1) is 16.5. The third-order valence-corrected chi connectivity index (χ3v) is 4.25. The van der Waals surface area contributed by atoms with Crippen molar-refractivity contribution in [2.24, 2.45) is 0 Å². The lowest BCUT2D eigenvalue weighted by Gasteiger charge is -2.16. The van der Waals surface area contributed by atoms with Crippen molar-refractivity contribution in [2.45, 2.75) is 26.2 Å². The van der Waals surface area contributed by atoms with Crippen molar-refractivity contribution in [3.05, 3.63) is 53.8 Å². The Kier molecular flexibility index (Phi) is 4.86. The van der Waals surface area contributed by atoms with E-state index in [1.54, 1.807) is 30.3 Å². The van der Waals surface area contributed by atoms with Gasteiger partial charge in [0.25, 0.3) is 0 Å². The molecule has 0 aliphatic rings. The van der Waals surface area contributed by atoms with Crippen LogP contribution in [0.2, 0.25) is 0 Å². The molecular weight excluding hydrogens is 301 g/mol. The van der Waals surface area contributed by atoms with Gasteiger partial charge in [-0.2, -0.15) is 0 Å². The minimum atomic E-state index is -3.36. The molecule has 1 N–H and O–H groups in total. The van der Waals surface area contributed by atoms with Crippen LogP contribution in [0.1, 0.15) is 31.7 Å². The van der Waals surface area contributed by atoms with Crippen LogP contribution in [0.3, 0.4) is 0 Å². The van der Waals surface area contributed by atoms with Crippen LogP contribution in [-0.4, -0.2) is 14.7 Å². The van der Waals surface area contributed by atoms with E-state index in [4.69, 9.17) is 0 Å². The van der Waals surface area contributed by atoms with Gasteiger partial charge < -0.3 is 0 Å². The molecule has 2 rings (SSSR count). The topological polar surface area (TPSA) is 46.2 Å². The van der Waals surface area contributed by atoms with Crippen LogP contribution in [0.4, 0.5) is 10.1 Å². The van der Waals surface area contributed by atoms with Gasteiger partial charge >= 0.3 is 0 Å². The molecule has 1 unspecified atom stereocenters. The molecule has 2 aromatic carbocycles. The Labute approximate surface area is 131 Å². The highest BCUT2D eigenvalue weighted by atomic mass is 32.2. The van der Waals surface area contributed by atoms with Gasteiger partial charge in [0.15, 0.2) is 0 Å². The van der Waals surface area contributed by atoms with Crippen LogP contribution in [-0.2, 0) is 10.0 Å². The maximum atomic E-state index is 14.4. The van der Waals surface area contributed by atoms with E-state index in [9.17, 15) is 12.8 Å². The van der Waals surface area contributed by atoms with Crippen LogP contribution in [0.15, 0.2) is 42.5 Å². The highest BCUT2D eigenvalue weighted by Gasteiger charge is 2.15. The molecule has 0 aliphatic carbocycles. The molecule has 3 nitrogen and oxygen atoms in total. The summed E-state index contributed by atoms with van der Waals surface area (Å²) in [7, 11) is -3.36. The van der Waals surface area contributed by atoms with Crippen molar-refractivity contribution in [3.63, 3.8) is 0 Å². The molecule has 22 heavy (non-hydrogen) atoms. The highest BCUT2D eigenvalue weighted by molar-refractivity contribution is 7.92. The molecule has 1 atom stereocenters. The van der Waals surface area contributed by atoms with Gasteiger partial charge in [-0.1, -0.05) is 38.1 Å². The first-order chi connectivity index (χ1) is 10.3. The lowest BCUT2D eigenvalue weighted by molar-refractivity contribution is 0.607. The van der Waals surface area contributed by atoms with Gasteiger partial charge in [-0.25, -0.2) is 12.8 Å². The Morgan fingerprint density at radius 3 is 2.50 bits per heavy atom. The van der Waals surface area contributed by atoms with Gasteiger partial charge in [-0.15, -0.1) is 0 Å². The van der Waals surface area contributed by atoms with Crippen LogP contribution in [0, 0.1) is 5.82 Å². The molecule has 0 amide bonds. The summed E-state index contributed by atoms with van der Waals surface area (Å²) in [6, 6.07) is 11.9. The number of nitrogens with one attached hydrogen (secondary N) is 1. The van der Waals surface area contributed by atoms with E-state index < -0.39 is 10.0 Å². The summed E-state index contributed by atoms with van der Waals surface area (Å²) in [6.45, 7) is 4.11. The summed E-state index contributed by atoms with van der Waals surface area (Å²) in [5, 5.41) is 0. The second-order valence-corrected chi connectivity index (χ2v) is 7.22. The van der Waals surface area contributed by atoms with E-state index in [0.29, 0.717) is 16.8 Å². The molecular formula is C17H20FNO2S. The lowest BCUT2D eigenvalue weighted by Crippen LogP contribution is -2.09. The van der Waals surface area contributed by atoms with Crippen molar-refractivity contribution in [1.82, 2.24) is 0 Å². The predicted octanol–water partition coefficient (Wildman–Crippen LogP) is 4.38. The fourth-order valence-corrected chi connectivity index (χ4v) is 2.98. The molecule has 0 bridgehead atoms. The van der Waals surface area contributed by atoms with Crippen LogP contribution in [0.5, 0.6) is 0 Å². The van der Waals surface area contributed by atoms with Crippen molar-refractivity contribution >= 4 is 15.7 Å². The number of halogens is 1. The summed E-state index contributed by atoms with van der Waals surface area (Å²) in [5.74, 6) is -0.0773. The summed E-state index contributed by atoms with van der Waals surface area (Å²) in [6.07, 6.45) is 1.99. The Balaban J connectivity index is 2.55. The molecule has 0 fully saturated rings. The summed E-state index contributed by atoms with van der Waals surface area (Å²) >= 11 is 0. The average Bonchev–Trinajstić information content (AvgIpc) is 2.44. The van der Waals surface area contributed by atoms with Gasteiger partial charge in [-0.05, 0) is 41.7 Å². The third-order valence-electron chi connectivity index (χ3n) is 3.64. The lowest BCUT2D eigenvalue weighted by atomic mass is 9.89. The van der Waals surface area contributed by atoms with Gasteiger partial charge in [-0.3, -0.25) is 4.72 Å². The smallest absolute Gasteiger partial charge is 0.229 e. The number of benzene rings is 2. The maximum absolute atomic E-state index is 14.4. The van der Waals surface area contributed by atoms with Gasteiger partial charge in [0.2, 0.25) is 10.0 Å². The van der Waals surface area contributed by atoms with E-state index in [1.807, 2.05) is 6.07 Å². The van der Waals surface area contributed by atoms with Crippen molar-refractivity contribution in [2.75, 3.05) is 11.0 Å². The number of hydrogen-bond donors (Lipinski definition) is 1. The van der Waals surface area contributed by atoms with Crippen molar-refractivity contribution < 1.29 is 12.8 Å². The largest absolute Gasteiger partial charge is 0.284 e. The van der Waals surface area contributed by atoms with Crippen LogP contribution >= 0.6 is 0 Å². The number of sulfonamides is 1. The minimum Gasteiger partial charge on any atom is -0.284 e. The van der Waals surface area contributed by atoms with Crippen molar-refractivity contribution in [3.8, 4) is 11.1 Å². The van der Waals surface area contributed by atoms with E-state index in [1.165, 1.54) is 6.07 Å². The molecule has 2 aromatic rings. The second kappa shape index (κ2) is 6.48. The van der Waals surface area contributed by atoms with Crippen molar-refractivity contribution in [1.29, 1.82) is 0 Å². The molecule has 0 heterocycles. The van der Waals surface area contributed by atoms with Gasteiger partial charge in [0.1, 0.15) is 5.82 Å². The Hall–Kier alpha value is -1.88. The highest BCUT2D eigenvalue weighted by Crippen LogP contribution is 2.34. The zero-order valence-electron chi connectivity index (χ0n) is 12.9. The number of anilines is 1. The second-order valence-electron chi connectivity index (χ2n) is 5.47. The van der Waals surface area contributed by atoms with Gasteiger partial charge in [0.05, 0.1) is 6.26 Å². The molecule has 0 saturated carbocycles. The van der Waals surface area contributed by atoms with Gasteiger partial charge in [0, 0.05) is 11.3 Å². The zero-order valence-corrected chi connectivity index (χ0v) is 13.7. The molecule has 5 heteroatoms. The molecule has 0 saturated heterocycles.